The maximum absolute atomic E-state index is 12.8. The van der Waals surface area contributed by atoms with Crippen LogP contribution >= 0.6 is 0 Å². The van der Waals surface area contributed by atoms with Crippen molar-refractivity contribution in [2.75, 3.05) is 11.9 Å². The number of rotatable bonds is 7. The molecular formula is C21H27NO4S. The zero-order valence-corrected chi connectivity index (χ0v) is 17.1. The Kier molecular flexibility index (Phi) is 6.65. The van der Waals surface area contributed by atoms with Crippen LogP contribution in [0.3, 0.4) is 0 Å². The van der Waals surface area contributed by atoms with Gasteiger partial charge in [-0.15, -0.1) is 0 Å². The second-order valence-electron chi connectivity index (χ2n) is 7.42. The number of hydrogen-bond acceptors (Lipinski definition) is 5. The number of nitrogens with one attached hydrogen (secondary N) is 1. The lowest BCUT2D eigenvalue weighted by Crippen LogP contribution is -2.25. The topological polar surface area (TPSA) is 72.5 Å². The van der Waals surface area contributed by atoms with Crippen molar-refractivity contribution in [3.05, 3.63) is 54.1 Å². The predicted molar refractivity (Wildman–Crippen MR) is 107 cm³/mol. The van der Waals surface area contributed by atoms with Crippen LogP contribution in [0.2, 0.25) is 0 Å². The van der Waals surface area contributed by atoms with Gasteiger partial charge in [0.15, 0.2) is 0 Å². The Hall–Kier alpha value is -2.34. The monoisotopic (exact) mass is 389 g/mol. The van der Waals surface area contributed by atoms with E-state index in [1.54, 1.807) is 24.3 Å². The van der Waals surface area contributed by atoms with Crippen molar-refractivity contribution < 1.29 is 17.9 Å². The molecule has 0 aliphatic heterocycles. The highest BCUT2D eigenvalue weighted by Gasteiger charge is 2.19. The van der Waals surface area contributed by atoms with Gasteiger partial charge in [0.2, 0.25) is 9.84 Å². The third-order valence-corrected chi connectivity index (χ3v) is 5.60. The summed E-state index contributed by atoms with van der Waals surface area (Å²) in [6.45, 7) is 8.48. The Balaban J connectivity index is 2.15. The summed E-state index contributed by atoms with van der Waals surface area (Å²) < 4.78 is 30.7. The molecule has 2 rings (SSSR count). The van der Waals surface area contributed by atoms with E-state index >= 15 is 0 Å². The van der Waals surface area contributed by atoms with E-state index in [0.29, 0.717) is 12.2 Å². The average Bonchev–Trinajstić information content (AvgIpc) is 2.61. The number of esters is 1. The Morgan fingerprint density at radius 1 is 0.963 bits per heavy atom. The molecule has 0 radical (unpaired) electrons. The summed E-state index contributed by atoms with van der Waals surface area (Å²) in [5.41, 5.74) is 1.09. The van der Waals surface area contributed by atoms with E-state index in [2.05, 4.69) is 5.32 Å². The van der Waals surface area contributed by atoms with Gasteiger partial charge in [-0.1, -0.05) is 13.3 Å². The molecule has 0 aromatic heterocycles. The van der Waals surface area contributed by atoms with Crippen molar-refractivity contribution in [2.45, 2.75) is 55.9 Å². The Morgan fingerprint density at radius 2 is 1.48 bits per heavy atom. The van der Waals surface area contributed by atoms with Crippen molar-refractivity contribution in [1.82, 2.24) is 0 Å². The van der Waals surface area contributed by atoms with Gasteiger partial charge in [0.25, 0.3) is 0 Å². The molecule has 0 amide bonds. The molecule has 0 aliphatic rings. The molecule has 0 fully saturated rings. The number of sulfone groups is 1. The summed E-state index contributed by atoms with van der Waals surface area (Å²) in [6.07, 6.45) is 1.74. The van der Waals surface area contributed by atoms with Crippen LogP contribution in [0.4, 0.5) is 5.69 Å². The van der Waals surface area contributed by atoms with Crippen molar-refractivity contribution in [2.24, 2.45) is 0 Å². The maximum atomic E-state index is 12.8. The van der Waals surface area contributed by atoms with Gasteiger partial charge in [0, 0.05) is 11.2 Å². The molecule has 0 spiro atoms. The summed E-state index contributed by atoms with van der Waals surface area (Å²) in [5.74, 6) is -0.440. The standard InChI is InChI=1S/C21H27NO4S/c1-5-6-15-26-20(23)16-7-11-18(12-8-16)27(24,25)19-13-9-17(10-14-19)22-21(2,3)4/h7-14,22H,5-6,15H2,1-4H3. The van der Waals surface area contributed by atoms with E-state index < -0.39 is 15.8 Å². The highest BCUT2D eigenvalue weighted by molar-refractivity contribution is 7.91. The van der Waals surface area contributed by atoms with E-state index in [0.717, 1.165) is 18.5 Å². The van der Waals surface area contributed by atoms with Crippen LogP contribution in [0.15, 0.2) is 58.3 Å². The van der Waals surface area contributed by atoms with Gasteiger partial charge >= 0.3 is 5.97 Å². The molecule has 6 heteroatoms. The summed E-state index contributed by atoms with van der Waals surface area (Å²) in [6, 6.07) is 12.5. The van der Waals surface area contributed by atoms with Crippen LogP contribution in [-0.4, -0.2) is 26.5 Å². The lowest BCUT2D eigenvalue weighted by Gasteiger charge is -2.22. The number of anilines is 1. The summed E-state index contributed by atoms with van der Waals surface area (Å²) >= 11 is 0. The molecule has 146 valence electrons. The first-order valence-corrected chi connectivity index (χ1v) is 10.5. The van der Waals surface area contributed by atoms with Crippen molar-refractivity contribution in [3.63, 3.8) is 0 Å². The number of unbranched alkanes of at least 4 members (excludes halogenated alkanes) is 1. The fourth-order valence-corrected chi connectivity index (χ4v) is 3.71. The minimum atomic E-state index is -3.64. The molecule has 0 unspecified atom stereocenters. The molecule has 2 aromatic rings. The van der Waals surface area contributed by atoms with E-state index in [1.807, 2.05) is 27.7 Å². The summed E-state index contributed by atoms with van der Waals surface area (Å²) in [5, 5.41) is 3.29. The molecule has 1 N–H and O–H groups in total. The maximum Gasteiger partial charge on any atom is 0.338 e. The number of carbonyl (C=O) groups is 1. The highest BCUT2D eigenvalue weighted by atomic mass is 32.2. The van der Waals surface area contributed by atoms with E-state index in [9.17, 15) is 13.2 Å². The minimum absolute atomic E-state index is 0.109. The van der Waals surface area contributed by atoms with E-state index in [1.165, 1.54) is 24.3 Å². The second kappa shape index (κ2) is 8.57. The van der Waals surface area contributed by atoms with E-state index in [-0.39, 0.29) is 15.3 Å². The molecule has 0 bridgehead atoms. The molecule has 0 saturated heterocycles. The van der Waals surface area contributed by atoms with Gasteiger partial charge in [-0.25, -0.2) is 13.2 Å². The lowest BCUT2D eigenvalue weighted by molar-refractivity contribution is 0.0499. The summed E-state index contributed by atoms with van der Waals surface area (Å²) in [7, 11) is -3.64. The van der Waals surface area contributed by atoms with Gasteiger partial charge in [-0.3, -0.25) is 0 Å². The molecule has 0 atom stereocenters. The van der Waals surface area contributed by atoms with Crippen LogP contribution in [0.25, 0.3) is 0 Å². The third-order valence-electron chi connectivity index (χ3n) is 3.82. The zero-order chi connectivity index (χ0) is 20.1. The number of carbonyl (C=O) groups excluding carboxylic acids is 1. The van der Waals surface area contributed by atoms with Crippen LogP contribution < -0.4 is 5.32 Å². The van der Waals surface area contributed by atoms with Crippen molar-refractivity contribution >= 4 is 21.5 Å². The van der Waals surface area contributed by atoms with Gasteiger partial charge in [0.1, 0.15) is 0 Å². The Labute approximate surface area is 161 Å². The Bertz CT molecular complexity index is 864. The first-order chi connectivity index (χ1) is 12.6. The van der Waals surface area contributed by atoms with Crippen LogP contribution in [0, 0.1) is 0 Å². The lowest BCUT2D eigenvalue weighted by atomic mass is 10.1. The fraction of sp³-hybridized carbons (Fsp3) is 0.381. The molecule has 27 heavy (non-hydrogen) atoms. The molecule has 0 saturated carbocycles. The van der Waals surface area contributed by atoms with E-state index in [4.69, 9.17) is 4.74 Å². The van der Waals surface area contributed by atoms with Gasteiger partial charge in [-0.2, -0.15) is 0 Å². The molecule has 5 nitrogen and oxygen atoms in total. The fourth-order valence-electron chi connectivity index (χ4n) is 2.45. The largest absolute Gasteiger partial charge is 0.462 e. The normalized spacial score (nSPS) is 11.9. The van der Waals surface area contributed by atoms with Crippen LogP contribution in [0.5, 0.6) is 0 Å². The van der Waals surface area contributed by atoms with Crippen LogP contribution in [-0.2, 0) is 14.6 Å². The predicted octanol–water partition coefficient (Wildman–Crippen LogP) is 4.69. The van der Waals surface area contributed by atoms with Crippen molar-refractivity contribution in [1.29, 1.82) is 0 Å². The number of ether oxygens (including phenoxy) is 1. The van der Waals surface area contributed by atoms with Gasteiger partial charge in [0.05, 0.1) is 22.0 Å². The Morgan fingerprint density at radius 3 is 1.96 bits per heavy atom. The average molecular weight is 390 g/mol. The molecule has 2 aromatic carbocycles. The highest BCUT2D eigenvalue weighted by Crippen LogP contribution is 2.24. The minimum Gasteiger partial charge on any atom is -0.462 e. The first kappa shape index (κ1) is 21.0. The first-order valence-electron chi connectivity index (χ1n) is 9.04. The van der Waals surface area contributed by atoms with Crippen LogP contribution in [0.1, 0.15) is 50.9 Å². The number of hydrogen-bond donors (Lipinski definition) is 1. The zero-order valence-electron chi connectivity index (χ0n) is 16.3. The van der Waals surface area contributed by atoms with Gasteiger partial charge < -0.3 is 10.1 Å². The number of benzene rings is 2. The molecule has 0 aliphatic carbocycles. The second-order valence-corrected chi connectivity index (χ2v) is 9.37. The smallest absolute Gasteiger partial charge is 0.338 e. The van der Waals surface area contributed by atoms with Gasteiger partial charge in [-0.05, 0) is 75.7 Å². The molecular weight excluding hydrogens is 362 g/mol. The summed E-state index contributed by atoms with van der Waals surface area (Å²) in [4.78, 5) is 12.3. The quantitative estimate of drug-likeness (QED) is 0.549. The third kappa shape index (κ3) is 5.82. The SMILES string of the molecule is CCCCOC(=O)c1ccc(S(=O)(=O)c2ccc(NC(C)(C)C)cc2)cc1. The molecule has 0 heterocycles. The van der Waals surface area contributed by atoms with Crippen molar-refractivity contribution in [3.8, 4) is 0 Å².